The van der Waals surface area contributed by atoms with E-state index in [1.807, 2.05) is 37.3 Å². The molecule has 0 fully saturated rings. The van der Waals surface area contributed by atoms with Gasteiger partial charge in [0.2, 0.25) is 0 Å². The number of carboxylic acid groups (broad SMARTS) is 1. The zero-order chi connectivity index (χ0) is 13.0. The molecule has 0 aliphatic carbocycles. The van der Waals surface area contributed by atoms with Crippen molar-refractivity contribution in [3.8, 4) is 11.3 Å². The van der Waals surface area contributed by atoms with Gasteiger partial charge in [0.1, 0.15) is 5.03 Å². The van der Waals surface area contributed by atoms with Gasteiger partial charge in [-0.1, -0.05) is 41.6 Å². The molecule has 1 aromatic carbocycles. The Morgan fingerprint density at radius 1 is 1.17 bits per heavy atom. The fraction of sp³-hybridized carbons (Fsp3) is 0.154. The maximum atomic E-state index is 10.4. The van der Waals surface area contributed by atoms with Crippen molar-refractivity contribution in [2.75, 3.05) is 5.75 Å². The lowest BCUT2D eigenvalue weighted by atomic mass is 10.1. The van der Waals surface area contributed by atoms with Crippen molar-refractivity contribution in [1.29, 1.82) is 0 Å². The highest BCUT2D eigenvalue weighted by molar-refractivity contribution is 7.99. The third kappa shape index (κ3) is 3.30. The van der Waals surface area contributed by atoms with Crippen LogP contribution in [0, 0.1) is 6.92 Å². The van der Waals surface area contributed by atoms with Gasteiger partial charge in [-0.05, 0) is 19.1 Å². The molecule has 0 saturated heterocycles. The lowest BCUT2D eigenvalue weighted by Gasteiger charge is -2.01. The van der Waals surface area contributed by atoms with Gasteiger partial charge in [0, 0.05) is 5.56 Å². The predicted octanol–water partition coefficient (Wildman–Crippen LogP) is 2.63. The highest BCUT2D eigenvalue weighted by atomic mass is 32.2. The first-order chi connectivity index (χ1) is 8.65. The van der Waals surface area contributed by atoms with E-state index >= 15 is 0 Å². The maximum Gasteiger partial charge on any atom is 0.313 e. The second kappa shape index (κ2) is 5.64. The molecular weight excluding hydrogens is 248 g/mol. The lowest BCUT2D eigenvalue weighted by Crippen LogP contribution is -1.98. The minimum absolute atomic E-state index is 0.00143. The number of hydrogen-bond donors (Lipinski definition) is 1. The van der Waals surface area contributed by atoms with Crippen LogP contribution in [0.5, 0.6) is 0 Å². The summed E-state index contributed by atoms with van der Waals surface area (Å²) in [6.45, 7) is 2.03. The van der Waals surface area contributed by atoms with E-state index in [2.05, 4.69) is 10.2 Å². The fourth-order valence-corrected chi connectivity index (χ4v) is 1.95. The summed E-state index contributed by atoms with van der Waals surface area (Å²) in [5, 5.41) is 17.3. The van der Waals surface area contributed by atoms with E-state index in [-0.39, 0.29) is 5.75 Å². The molecule has 1 N–H and O–H groups in total. The van der Waals surface area contributed by atoms with E-state index < -0.39 is 5.97 Å². The zero-order valence-electron chi connectivity index (χ0n) is 9.83. The third-order valence-corrected chi connectivity index (χ3v) is 3.24. The standard InChI is InChI=1S/C13H12N2O2S/c1-9-2-4-10(5-3-9)11-6-7-12(15-14-11)18-8-13(16)17/h2-7H,8H2,1H3,(H,16,17). The quantitative estimate of drug-likeness (QED) is 0.856. The van der Waals surface area contributed by atoms with Crippen LogP contribution in [0.2, 0.25) is 0 Å². The summed E-state index contributed by atoms with van der Waals surface area (Å²) in [5.74, 6) is -0.858. The summed E-state index contributed by atoms with van der Waals surface area (Å²) in [6, 6.07) is 11.7. The van der Waals surface area contributed by atoms with Crippen LogP contribution >= 0.6 is 11.8 Å². The Bertz CT molecular complexity index is 538. The number of carbonyl (C=O) groups is 1. The Morgan fingerprint density at radius 3 is 2.44 bits per heavy atom. The van der Waals surface area contributed by atoms with Crippen molar-refractivity contribution in [3.63, 3.8) is 0 Å². The monoisotopic (exact) mass is 260 g/mol. The van der Waals surface area contributed by atoms with Crippen LogP contribution in [0.3, 0.4) is 0 Å². The SMILES string of the molecule is Cc1ccc(-c2ccc(SCC(=O)O)nn2)cc1. The smallest absolute Gasteiger partial charge is 0.313 e. The third-order valence-electron chi connectivity index (χ3n) is 2.33. The van der Waals surface area contributed by atoms with Crippen molar-refractivity contribution in [2.45, 2.75) is 11.9 Å². The Balaban J connectivity index is 2.12. The molecular formula is C13H12N2O2S. The molecule has 0 bridgehead atoms. The molecule has 2 rings (SSSR count). The summed E-state index contributed by atoms with van der Waals surface area (Å²) < 4.78 is 0. The molecule has 0 amide bonds. The molecule has 0 saturated carbocycles. The van der Waals surface area contributed by atoms with Crippen molar-refractivity contribution < 1.29 is 9.90 Å². The molecule has 1 heterocycles. The van der Waals surface area contributed by atoms with Gasteiger partial charge < -0.3 is 5.11 Å². The van der Waals surface area contributed by atoms with E-state index in [0.29, 0.717) is 5.03 Å². The van der Waals surface area contributed by atoms with E-state index in [1.165, 1.54) is 5.56 Å². The minimum atomic E-state index is -0.857. The average Bonchev–Trinajstić information content (AvgIpc) is 2.38. The highest BCUT2D eigenvalue weighted by Crippen LogP contribution is 2.19. The number of nitrogens with zero attached hydrogens (tertiary/aromatic N) is 2. The molecule has 92 valence electrons. The topological polar surface area (TPSA) is 63.1 Å². The molecule has 5 heteroatoms. The number of aliphatic carboxylic acids is 1. The normalized spacial score (nSPS) is 10.3. The fourth-order valence-electron chi connectivity index (χ4n) is 1.41. The molecule has 0 aliphatic heterocycles. The van der Waals surface area contributed by atoms with Crippen LogP contribution in [-0.4, -0.2) is 27.0 Å². The van der Waals surface area contributed by atoms with Crippen molar-refractivity contribution in [1.82, 2.24) is 10.2 Å². The number of benzene rings is 1. The second-order valence-electron chi connectivity index (χ2n) is 3.81. The number of rotatable bonds is 4. The minimum Gasteiger partial charge on any atom is -0.481 e. The summed E-state index contributed by atoms with van der Waals surface area (Å²) in [5.41, 5.74) is 2.98. The number of hydrogen-bond acceptors (Lipinski definition) is 4. The second-order valence-corrected chi connectivity index (χ2v) is 4.80. The lowest BCUT2D eigenvalue weighted by molar-refractivity contribution is -0.133. The van der Waals surface area contributed by atoms with Gasteiger partial charge in [-0.15, -0.1) is 10.2 Å². The van der Waals surface area contributed by atoms with Crippen LogP contribution < -0.4 is 0 Å². The first kappa shape index (κ1) is 12.6. The molecule has 1 aromatic heterocycles. The van der Waals surface area contributed by atoms with E-state index in [0.717, 1.165) is 23.0 Å². The maximum absolute atomic E-state index is 10.4. The van der Waals surface area contributed by atoms with E-state index in [4.69, 9.17) is 5.11 Å². The zero-order valence-corrected chi connectivity index (χ0v) is 10.6. The molecule has 2 aromatic rings. The van der Waals surface area contributed by atoms with Crippen molar-refractivity contribution in [2.24, 2.45) is 0 Å². The molecule has 0 aliphatic rings. The molecule has 0 unspecified atom stereocenters. The van der Waals surface area contributed by atoms with Crippen molar-refractivity contribution >= 4 is 17.7 Å². The first-order valence-corrected chi connectivity index (χ1v) is 6.39. The van der Waals surface area contributed by atoms with Crippen molar-refractivity contribution in [3.05, 3.63) is 42.0 Å². The largest absolute Gasteiger partial charge is 0.481 e. The van der Waals surface area contributed by atoms with Gasteiger partial charge in [-0.2, -0.15) is 0 Å². The Kier molecular flexibility index (Phi) is 3.94. The van der Waals surface area contributed by atoms with Gasteiger partial charge in [0.25, 0.3) is 0 Å². The molecule has 0 radical (unpaired) electrons. The molecule has 4 nitrogen and oxygen atoms in total. The Labute approximate surface area is 109 Å². The van der Waals surface area contributed by atoms with Crippen LogP contribution in [0.15, 0.2) is 41.4 Å². The van der Waals surface area contributed by atoms with Crippen LogP contribution in [-0.2, 0) is 4.79 Å². The highest BCUT2D eigenvalue weighted by Gasteiger charge is 2.03. The van der Waals surface area contributed by atoms with Gasteiger partial charge >= 0.3 is 5.97 Å². The molecule has 0 atom stereocenters. The number of thioether (sulfide) groups is 1. The van der Waals surface area contributed by atoms with Crippen LogP contribution in [0.25, 0.3) is 11.3 Å². The van der Waals surface area contributed by atoms with Gasteiger partial charge in [0.05, 0.1) is 11.4 Å². The summed E-state index contributed by atoms with van der Waals surface area (Å²) >= 11 is 1.16. The summed E-state index contributed by atoms with van der Waals surface area (Å²) in [4.78, 5) is 10.4. The first-order valence-electron chi connectivity index (χ1n) is 5.40. The number of carboxylic acids is 1. The number of aryl methyl sites for hydroxylation is 1. The summed E-state index contributed by atoms with van der Waals surface area (Å²) in [6.07, 6.45) is 0. The van der Waals surface area contributed by atoms with E-state index in [9.17, 15) is 4.79 Å². The van der Waals surface area contributed by atoms with E-state index in [1.54, 1.807) is 6.07 Å². The predicted molar refractivity (Wildman–Crippen MR) is 70.6 cm³/mol. The van der Waals surface area contributed by atoms with Gasteiger partial charge in [-0.25, -0.2) is 0 Å². The number of aromatic nitrogens is 2. The van der Waals surface area contributed by atoms with Crippen LogP contribution in [0.4, 0.5) is 0 Å². The van der Waals surface area contributed by atoms with Crippen LogP contribution in [0.1, 0.15) is 5.56 Å². The van der Waals surface area contributed by atoms with Gasteiger partial charge in [0.15, 0.2) is 0 Å². The Hall–Kier alpha value is -1.88. The van der Waals surface area contributed by atoms with Gasteiger partial charge in [-0.3, -0.25) is 4.79 Å². The summed E-state index contributed by atoms with van der Waals surface area (Å²) in [7, 11) is 0. The average molecular weight is 260 g/mol. The molecule has 18 heavy (non-hydrogen) atoms. The molecule has 0 spiro atoms. The Morgan fingerprint density at radius 2 is 1.89 bits per heavy atom.